The quantitative estimate of drug-likeness (QED) is 0.619. The summed E-state index contributed by atoms with van der Waals surface area (Å²) in [4.78, 5) is 13.2. The Bertz CT molecular complexity index is 708. The van der Waals surface area contributed by atoms with E-state index in [1.807, 2.05) is 17.5 Å². The third kappa shape index (κ3) is 4.37. The van der Waals surface area contributed by atoms with Gasteiger partial charge in [-0.3, -0.25) is 4.79 Å². The molecule has 2 aromatic heterocycles. The summed E-state index contributed by atoms with van der Waals surface area (Å²) >= 11 is 2.59. The molecule has 6 nitrogen and oxygen atoms in total. The predicted octanol–water partition coefficient (Wildman–Crippen LogP) is 1.24. The average Bonchev–Trinajstić information content (AvgIpc) is 3.17. The molecule has 2 aromatic rings. The van der Waals surface area contributed by atoms with Crippen molar-refractivity contribution in [2.24, 2.45) is 0 Å². The lowest BCUT2D eigenvalue weighted by Crippen LogP contribution is -2.31. The van der Waals surface area contributed by atoms with Crippen molar-refractivity contribution >= 4 is 38.6 Å². The van der Waals surface area contributed by atoms with Crippen LogP contribution >= 0.6 is 22.7 Å². The van der Waals surface area contributed by atoms with Crippen molar-refractivity contribution in [3.63, 3.8) is 0 Å². The van der Waals surface area contributed by atoms with Crippen molar-refractivity contribution < 1.29 is 13.2 Å². The zero-order valence-corrected chi connectivity index (χ0v) is 14.4. The number of hydrogen-bond donors (Lipinski definition) is 3. The molecule has 0 unspecified atom stereocenters. The van der Waals surface area contributed by atoms with Crippen LogP contribution in [0.1, 0.15) is 14.5 Å². The van der Waals surface area contributed by atoms with E-state index in [0.29, 0.717) is 13.1 Å². The van der Waals surface area contributed by atoms with E-state index in [1.54, 1.807) is 12.4 Å². The molecule has 0 saturated carbocycles. The lowest BCUT2D eigenvalue weighted by molar-refractivity contribution is 0.0955. The van der Waals surface area contributed by atoms with Crippen molar-refractivity contribution in [1.82, 2.24) is 15.4 Å². The molecule has 22 heavy (non-hydrogen) atoms. The van der Waals surface area contributed by atoms with Crippen LogP contribution in [0.3, 0.4) is 0 Å². The highest BCUT2D eigenvalue weighted by Crippen LogP contribution is 2.22. The minimum Gasteiger partial charge on any atom is -0.350 e. The molecule has 0 radical (unpaired) electrons. The third-order valence-electron chi connectivity index (χ3n) is 2.80. The Balaban J connectivity index is 2.08. The van der Waals surface area contributed by atoms with Gasteiger partial charge < -0.3 is 10.6 Å². The smallest absolute Gasteiger partial charge is 0.262 e. The molecule has 2 heterocycles. The maximum Gasteiger partial charge on any atom is 0.262 e. The molecule has 3 N–H and O–H groups in total. The second-order valence-corrected chi connectivity index (χ2v) is 8.06. The van der Waals surface area contributed by atoms with E-state index in [-0.39, 0.29) is 22.2 Å². The topological polar surface area (TPSA) is 87.3 Å². The molecule has 0 atom stereocenters. The maximum atomic E-state index is 12.4. The highest BCUT2D eigenvalue weighted by atomic mass is 32.2. The van der Waals surface area contributed by atoms with Gasteiger partial charge in [0.25, 0.3) is 5.91 Å². The summed E-state index contributed by atoms with van der Waals surface area (Å²) in [6, 6.07) is 5.17. The van der Waals surface area contributed by atoms with E-state index in [0.717, 1.165) is 16.2 Å². The van der Waals surface area contributed by atoms with Gasteiger partial charge in [-0.2, -0.15) is 0 Å². The number of thiophene rings is 2. The van der Waals surface area contributed by atoms with Crippen LogP contribution in [0.5, 0.6) is 0 Å². The van der Waals surface area contributed by atoms with Gasteiger partial charge in [0.15, 0.2) is 0 Å². The van der Waals surface area contributed by atoms with Gasteiger partial charge in [-0.25, -0.2) is 13.1 Å². The Morgan fingerprint density at radius 2 is 2.00 bits per heavy atom. The van der Waals surface area contributed by atoms with Crippen molar-refractivity contribution in [2.75, 3.05) is 20.1 Å². The van der Waals surface area contributed by atoms with Crippen LogP contribution in [-0.4, -0.2) is 34.5 Å². The van der Waals surface area contributed by atoms with Gasteiger partial charge in [0.1, 0.15) is 9.77 Å². The molecule has 2 rings (SSSR count). The first-order valence-electron chi connectivity index (χ1n) is 6.57. The Labute approximate surface area is 137 Å². The fraction of sp³-hybridized carbons (Fsp3) is 0.308. The van der Waals surface area contributed by atoms with Crippen LogP contribution in [0, 0.1) is 0 Å². The summed E-state index contributed by atoms with van der Waals surface area (Å²) in [6.07, 6.45) is 0. The Morgan fingerprint density at radius 1 is 1.18 bits per heavy atom. The van der Waals surface area contributed by atoms with E-state index in [9.17, 15) is 13.2 Å². The summed E-state index contributed by atoms with van der Waals surface area (Å²) in [5.41, 5.74) is 0. The summed E-state index contributed by atoms with van der Waals surface area (Å²) in [7, 11) is -1.93. The summed E-state index contributed by atoms with van der Waals surface area (Å²) in [5, 5.41) is 9.08. The maximum absolute atomic E-state index is 12.4. The number of carbonyl (C=O) groups is 1. The van der Waals surface area contributed by atoms with Gasteiger partial charge in [0.05, 0.1) is 0 Å². The molecule has 0 aliphatic carbocycles. The van der Waals surface area contributed by atoms with Gasteiger partial charge in [0, 0.05) is 24.5 Å². The van der Waals surface area contributed by atoms with Crippen LogP contribution in [-0.2, 0) is 16.6 Å². The molecule has 0 aliphatic rings. The molecule has 0 bridgehead atoms. The zero-order valence-electron chi connectivity index (χ0n) is 12.0. The number of nitrogens with one attached hydrogen (secondary N) is 3. The number of amides is 1. The summed E-state index contributed by atoms with van der Waals surface area (Å²) < 4.78 is 27.2. The fourth-order valence-electron chi connectivity index (χ4n) is 1.71. The first-order chi connectivity index (χ1) is 10.5. The molecule has 0 aliphatic heterocycles. The highest BCUT2D eigenvalue weighted by Gasteiger charge is 2.23. The zero-order chi connectivity index (χ0) is 16.0. The van der Waals surface area contributed by atoms with Gasteiger partial charge in [0.2, 0.25) is 10.0 Å². The van der Waals surface area contributed by atoms with Gasteiger partial charge in [-0.1, -0.05) is 6.07 Å². The van der Waals surface area contributed by atoms with Gasteiger partial charge in [-0.15, -0.1) is 22.7 Å². The first kappa shape index (κ1) is 17.1. The minimum atomic E-state index is -3.71. The Morgan fingerprint density at radius 3 is 2.68 bits per heavy atom. The Hall–Kier alpha value is -1.26. The standard InChI is InChI=1S/C13H17N3O3S3/c1-14-5-6-15-13(17)12-11(4-8-21-12)22(18,19)16-9-10-3-2-7-20-10/h2-4,7-8,14,16H,5-6,9H2,1H3,(H,15,17). The van der Waals surface area contributed by atoms with Gasteiger partial charge >= 0.3 is 0 Å². The number of rotatable bonds is 8. The highest BCUT2D eigenvalue weighted by molar-refractivity contribution is 7.89. The van der Waals surface area contributed by atoms with Crippen molar-refractivity contribution in [1.29, 1.82) is 0 Å². The monoisotopic (exact) mass is 359 g/mol. The van der Waals surface area contributed by atoms with Crippen molar-refractivity contribution in [2.45, 2.75) is 11.4 Å². The van der Waals surface area contributed by atoms with Crippen LogP contribution in [0.25, 0.3) is 0 Å². The average molecular weight is 359 g/mol. The molecule has 0 aromatic carbocycles. The third-order valence-corrected chi connectivity index (χ3v) is 6.16. The molecular formula is C13H17N3O3S3. The largest absolute Gasteiger partial charge is 0.350 e. The van der Waals surface area contributed by atoms with E-state index >= 15 is 0 Å². The first-order valence-corrected chi connectivity index (χ1v) is 9.81. The van der Waals surface area contributed by atoms with Crippen LogP contribution in [0.15, 0.2) is 33.9 Å². The fourth-order valence-corrected chi connectivity index (χ4v) is 4.80. The number of sulfonamides is 1. The Kier molecular flexibility index (Phi) is 6.09. The number of likely N-dealkylation sites (N-methyl/N-ethyl adjacent to an activating group) is 1. The number of carbonyl (C=O) groups excluding carboxylic acids is 1. The lowest BCUT2D eigenvalue weighted by atomic mass is 10.4. The van der Waals surface area contributed by atoms with E-state index in [4.69, 9.17) is 0 Å². The second-order valence-electron chi connectivity index (χ2n) is 4.38. The molecule has 0 fully saturated rings. The second kappa shape index (κ2) is 7.84. The molecule has 120 valence electrons. The molecular weight excluding hydrogens is 342 g/mol. The van der Waals surface area contributed by atoms with Crippen molar-refractivity contribution in [3.05, 3.63) is 38.7 Å². The van der Waals surface area contributed by atoms with Gasteiger partial charge in [-0.05, 0) is 29.9 Å². The van der Waals surface area contributed by atoms with Crippen LogP contribution < -0.4 is 15.4 Å². The molecule has 0 saturated heterocycles. The number of hydrogen-bond acceptors (Lipinski definition) is 6. The summed E-state index contributed by atoms with van der Waals surface area (Å²) in [5.74, 6) is -0.373. The van der Waals surface area contributed by atoms with E-state index in [2.05, 4.69) is 15.4 Å². The minimum absolute atomic E-state index is 0.0241. The summed E-state index contributed by atoms with van der Waals surface area (Å²) in [6.45, 7) is 1.28. The predicted molar refractivity (Wildman–Crippen MR) is 88.9 cm³/mol. The molecule has 1 amide bonds. The van der Waals surface area contributed by atoms with Crippen molar-refractivity contribution in [3.8, 4) is 0 Å². The SMILES string of the molecule is CNCCNC(=O)c1sccc1S(=O)(=O)NCc1cccs1. The lowest BCUT2D eigenvalue weighted by Gasteiger charge is -2.08. The van der Waals surface area contributed by atoms with Crippen LogP contribution in [0.4, 0.5) is 0 Å². The van der Waals surface area contributed by atoms with E-state index in [1.165, 1.54) is 17.4 Å². The molecule has 0 spiro atoms. The van der Waals surface area contributed by atoms with Crippen LogP contribution in [0.2, 0.25) is 0 Å². The molecule has 9 heteroatoms. The normalized spacial score (nSPS) is 11.5. The van der Waals surface area contributed by atoms with E-state index < -0.39 is 10.0 Å².